The largest absolute Gasteiger partial charge is 0.508 e. The Bertz CT molecular complexity index is 3650. The van der Waals surface area contributed by atoms with Crippen LogP contribution in [-0.2, 0) is 94.3 Å². The van der Waals surface area contributed by atoms with Gasteiger partial charge in [-0.15, -0.1) is 0 Å². The van der Waals surface area contributed by atoms with E-state index in [1.807, 2.05) is 0 Å². The van der Waals surface area contributed by atoms with Crippen molar-refractivity contribution in [1.82, 2.24) is 63.8 Å². The van der Waals surface area contributed by atoms with E-state index < -0.39 is 236 Å². The Morgan fingerprint density at radius 3 is 1.06 bits per heavy atom. The molecule has 0 fully saturated rings. The van der Waals surface area contributed by atoms with Gasteiger partial charge in [-0.1, -0.05) is 79.7 Å². The number of carbonyl (C=O) groups excluding carboxylic acids is 14. The van der Waals surface area contributed by atoms with Gasteiger partial charge in [0.05, 0.1) is 13.0 Å². The Kier molecular flexibility index (Phi) is 43.3. The molecule has 14 amide bonds. The summed E-state index contributed by atoms with van der Waals surface area (Å²) in [6, 6.07) is -8.46. The molecule has 2 aromatic carbocycles. The van der Waals surface area contributed by atoms with E-state index >= 15 is 0 Å². The van der Waals surface area contributed by atoms with E-state index in [4.69, 9.17) is 34.4 Å². The molecular formula is C73H115N19O22. The molecule has 29 N–H and O–H groups in total. The first-order valence-corrected chi connectivity index (χ1v) is 37.3. The van der Waals surface area contributed by atoms with Gasteiger partial charge in [0.25, 0.3) is 0 Å². The van der Waals surface area contributed by atoms with Gasteiger partial charge in [0.15, 0.2) is 5.96 Å². The number of carbonyl (C=O) groups is 17. The maximum atomic E-state index is 14.8. The number of guanidine groups is 1. The first kappa shape index (κ1) is 98.3. The van der Waals surface area contributed by atoms with Crippen LogP contribution in [-0.4, -0.2) is 224 Å². The molecule has 0 aliphatic carbocycles. The zero-order chi connectivity index (χ0) is 86.2. The quantitative estimate of drug-likeness (QED) is 0.0168. The van der Waals surface area contributed by atoms with Gasteiger partial charge >= 0.3 is 17.9 Å². The van der Waals surface area contributed by atoms with E-state index in [9.17, 15) is 107 Å². The molecule has 0 heterocycles. The number of carboxylic acids is 3. The predicted octanol–water partition coefficient (Wildman–Crippen LogP) is -4.80. The van der Waals surface area contributed by atoms with Crippen LogP contribution >= 0.6 is 0 Å². The maximum Gasteiger partial charge on any atom is 0.326 e. The summed E-state index contributed by atoms with van der Waals surface area (Å²) in [4.78, 5) is 235. The number of benzene rings is 2. The fourth-order valence-electron chi connectivity index (χ4n) is 11.4. The van der Waals surface area contributed by atoms with Gasteiger partial charge in [-0.25, -0.2) is 4.79 Å². The monoisotopic (exact) mass is 1610 g/mol. The number of nitrogens with one attached hydrogen (secondary N) is 12. The highest BCUT2D eigenvalue weighted by Gasteiger charge is 2.39. The van der Waals surface area contributed by atoms with Crippen LogP contribution in [0.1, 0.15) is 156 Å². The Balaban J connectivity index is 2.62. The molecule has 0 bridgehead atoms. The molecule has 634 valence electrons. The minimum Gasteiger partial charge on any atom is -0.508 e. The number of nitrogens with zero attached hydrogens (tertiary/aromatic N) is 1. The average molecular weight is 1610 g/mol. The number of aromatic hydroxyl groups is 2. The first-order chi connectivity index (χ1) is 53.4. The van der Waals surface area contributed by atoms with E-state index in [1.165, 1.54) is 76.2 Å². The summed E-state index contributed by atoms with van der Waals surface area (Å²) in [5.74, 6) is -21.7. The maximum absolute atomic E-state index is 14.8. The third-order valence-corrected chi connectivity index (χ3v) is 17.5. The molecule has 0 radical (unpaired) electrons. The Hall–Kier alpha value is -11.8. The van der Waals surface area contributed by atoms with Crippen molar-refractivity contribution in [2.45, 2.75) is 231 Å². The third-order valence-electron chi connectivity index (χ3n) is 17.5. The van der Waals surface area contributed by atoms with Crippen LogP contribution in [0.5, 0.6) is 11.5 Å². The van der Waals surface area contributed by atoms with Crippen molar-refractivity contribution in [1.29, 1.82) is 0 Å². The van der Waals surface area contributed by atoms with E-state index in [-0.39, 0.29) is 100 Å². The number of unbranched alkanes of at least 4 members (excludes halogenated alkanes) is 1. The lowest BCUT2D eigenvalue weighted by molar-refractivity contribution is -0.143. The van der Waals surface area contributed by atoms with E-state index in [0.717, 1.165) is 0 Å². The summed E-state index contributed by atoms with van der Waals surface area (Å²) >= 11 is 0. The second kappa shape index (κ2) is 50.3. The summed E-state index contributed by atoms with van der Waals surface area (Å²) < 4.78 is 0. The Labute approximate surface area is 659 Å². The normalized spacial score (nSPS) is 14.3. The molecule has 2 aromatic rings. The number of primary amides is 2. The zero-order valence-electron chi connectivity index (χ0n) is 65.4. The van der Waals surface area contributed by atoms with E-state index in [2.05, 4.69) is 68.8 Å². The molecule has 0 aliphatic heterocycles. The number of aliphatic carboxylic acids is 3. The molecule has 114 heavy (non-hydrogen) atoms. The standard InChI is InChI=1S/C73H115N19O22/c1-36(2)30-49(66(107)87-50(32-40-14-18-42(93)19-15-40)67(108)90-53(72(113)114)31-37(3)4)86-65(106)48(23-26-55(77)96)85-70(111)59(38(5)6)91-68(109)51(33-41-16-20-43(94)21-17-41)89-71(112)60(39(7)8)92-69(110)52(34-58(100)101)88-62(103)44(12-9-10-28-74)82-61(102)45(13-11-29-80-73(78)79)83-64(105)47(22-25-54(76)95)84-63(104)46(24-27-57(98)99)81-56(97)35-75/h14-21,36-39,44-53,59-60,93-94H,9-13,22-35,74-75H2,1-8H3,(H2,76,95)(H2,77,96)(H,81,97)(H,82,102)(H,83,105)(H,84,104)(H,85,111)(H,86,106)(H,87,107)(H,88,103)(H,89,112)(H,90,108)(H,91,109)(H,92,110)(H,98,99)(H,100,101)(H,113,114)(H4,78,79,80)/t44-,45-,46-,47-,48-,49-,50-,51-,52-,53-,59-,60-/m0/s1. The summed E-state index contributed by atoms with van der Waals surface area (Å²) in [7, 11) is 0. The second-order valence-electron chi connectivity index (χ2n) is 28.9. The average Bonchev–Trinajstić information content (AvgIpc) is 0.838. The number of carboxylic acid groups (broad SMARTS) is 3. The number of phenols is 2. The van der Waals surface area contributed by atoms with Crippen molar-refractivity contribution in [3.63, 3.8) is 0 Å². The van der Waals surface area contributed by atoms with Gasteiger partial charge in [-0.05, 0) is 130 Å². The second-order valence-corrected chi connectivity index (χ2v) is 28.9. The molecule has 41 heteroatoms. The fourth-order valence-corrected chi connectivity index (χ4v) is 11.4. The highest BCUT2D eigenvalue weighted by molar-refractivity contribution is 6.01. The van der Waals surface area contributed by atoms with Crippen LogP contribution in [0.3, 0.4) is 0 Å². The third kappa shape index (κ3) is 38.0. The number of nitrogens with two attached hydrogens (primary N) is 6. The minimum atomic E-state index is -2.03. The molecule has 0 saturated carbocycles. The molecule has 0 saturated heterocycles. The number of phenolic OH excluding ortho intramolecular Hbond substituents is 2. The van der Waals surface area contributed by atoms with Gasteiger partial charge < -0.3 is 124 Å². The number of hydrogen-bond donors (Lipinski definition) is 23. The van der Waals surface area contributed by atoms with Crippen LogP contribution in [0.15, 0.2) is 53.5 Å². The number of aliphatic imine (C=N–C) groups is 1. The highest BCUT2D eigenvalue weighted by Crippen LogP contribution is 2.18. The fraction of sp³-hybridized carbons (Fsp3) is 0.589. The lowest BCUT2D eigenvalue weighted by atomic mass is 9.98. The molecular weight excluding hydrogens is 1490 g/mol. The molecule has 2 rings (SSSR count). The van der Waals surface area contributed by atoms with Gasteiger partial charge in [0.1, 0.15) is 84.0 Å². The molecule has 0 spiro atoms. The van der Waals surface area contributed by atoms with Crippen molar-refractivity contribution >= 4 is 107 Å². The highest BCUT2D eigenvalue weighted by atomic mass is 16.4. The zero-order valence-corrected chi connectivity index (χ0v) is 65.4. The summed E-state index contributed by atoms with van der Waals surface area (Å²) in [6.07, 6.45) is -5.12. The van der Waals surface area contributed by atoms with Crippen molar-refractivity contribution in [3.05, 3.63) is 59.7 Å². The molecule has 0 aliphatic rings. The van der Waals surface area contributed by atoms with Crippen molar-refractivity contribution in [3.8, 4) is 11.5 Å². The number of amides is 14. The molecule has 0 unspecified atom stereocenters. The summed E-state index contributed by atoms with van der Waals surface area (Å²) in [5, 5.41) is 79.2. The summed E-state index contributed by atoms with van der Waals surface area (Å²) in [6.45, 7) is 12.2. The minimum absolute atomic E-state index is 0.0285. The number of rotatable bonds is 54. The molecule has 12 atom stereocenters. The van der Waals surface area contributed by atoms with Crippen LogP contribution in [0, 0.1) is 23.7 Å². The number of hydrogen-bond acceptors (Lipinski definition) is 22. The lowest BCUT2D eigenvalue weighted by Gasteiger charge is -2.30. The summed E-state index contributed by atoms with van der Waals surface area (Å²) in [5.41, 5.74) is 33.8. The van der Waals surface area contributed by atoms with Crippen molar-refractivity contribution < 1.29 is 107 Å². The SMILES string of the molecule is CC(C)C[C@H](NC(=O)[C@H](Cc1ccc(O)cc1)NC(=O)[C@H](CC(C)C)NC(=O)[C@H](CCC(N)=O)NC(=O)[C@@H](NC(=O)[C@H](Cc1ccc(O)cc1)NC(=O)[C@@H](NC(=O)[C@H](CC(=O)O)NC(=O)[C@H](CCCCN)NC(=O)[C@H](CCCN=C(N)N)NC(=O)[C@H](CCC(N)=O)NC(=O)[C@H](CCC(=O)O)NC(=O)CN)C(C)C)C(C)C)C(=O)O. The van der Waals surface area contributed by atoms with Gasteiger partial charge in [-0.3, -0.25) is 81.7 Å². The van der Waals surface area contributed by atoms with Crippen LogP contribution in [0.25, 0.3) is 0 Å². The predicted molar refractivity (Wildman–Crippen MR) is 411 cm³/mol. The molecule has 41 nitrogen and oxygen atoms in total. The van der Waals surface area contributed by atoms with E-state index in [0.29, 0.717) is 11.1 Å². The lowest BCUT2D eigenvalue weighted by Crippen LogP contribution is -2.62. The van der Waals surface area contributed by atoms with E-state index in [1.54, 1.807) is 27.7 Å². The van der Waals surface area contributed by atoms with Gasteiger partial charge in [0, 0.05) is 38.6 Å². The van der Waals surface area contributed by atoms with Crippen LogP contribution in [0.4, 0.5) is 0 Å². The van der Waals surface area contributed by atoms with Crippen molar-refractivity contribution in [2.24, 2.45) is 63.1 Å². The smallest absolute Gasteiger partial charge is 0.326 e. The Morgan fingerprint density at radius 2 is 0.684 bits per heavy atom. The van der Waals surface area contributed by atoms with Crippen molar-refractivity contribution in [2.75, 3.05) is 19.6 Å². The first-order valence-electron chi connectivity index (χ1n) is 37.3. The van der Waals surface area contributed by atoms with Gasteiger partial charge in [0.2, 0.25) is 82.7 Å². The topological polar surface area (TPSA) is 704 Å². The van der Waals surface area contributed by atoms with Gasteiger partial charge in [-0.2, -0.15) is 0 Å². The Morgan fingerprint density at radius 1 is 0.360 bits per heavy atom. The molecule has 0 aromatic heterocycles. The van der Waals surface area contributed by atoms with Crippen LogP contribution in [0.2, 0.25) is 0 Å². The van der Waals surface area contributed by atoms with Crippen LogP contribution < -0.4 is 98.2 Å².